The predicted octanol–water partition coefficient (Wildman–Crippen LogP) is 3.89. The first-order valence-corrected chi connectivity index (χ1v) is 7.74. The van der Waals surface area contributed by atoms with Crippen molar-refractivity contribution in [1.82, 2.24) is 0 Å². The molecule has 1 amide bonds. The second-order valence-corrected chi connectivity index (χ2v) is 5.77. The first-order valence-electron chi connectivity index (χ1n) is 7.74. The van der Waals surface area contributed by atoms with Crippen LogP contribution < -0.4 is 5.32 Å². The second-order valence-electron chi connectivity index (χ2n) is 5.77. The molecule has 0 spiro atoms. The van der Waals surface area contributed by atoms with Gasteiger partial charge in [0.2, 0.25) is 5.91 Å². The fourth-order valence-electron chi connectivity index (χ4n) is 3.16. The Balaban J connectivity index is 1.77. The molecule has 0 aliphatic heterocycles. The Bertz CT molecular complexity index is 666. The molecule has 0 heterocycles. The lowest BCUT2D eigenvalue weighted by Crippen LogP contribution is -2.24. The zero-order valence-corrected chi connectivity index (χ0v) is 12.8. The van der Waals surface area contributed by atoms with E-state index in [0.717, 1.165) is 30.5 Å². The van der Waals surface area contributed by atoms with E-state index in [1.54, 1.807) is 7.11 Å². The number of hydrogen-bond donors (Lipinski definition) is 1. The molecule has 1 N–H and O–H groups in total. The molecule has 22 heavy (non-hydrogen) atoms. The van der Waals surface area contributed by atoms with Crippen molar-refractivity contribution in [1.29, 1.82) is 0 Å². The minimum absolute atomic E-state index is 0.0453. The number of methoxy groups -OCH3 is 1. The number of anilines is 1. The summed E-state index contributed by atoms with van der Waals surface area (Å²) in [5.74, 6) is 0.0396. The number of hydrogen-bond acceptors (Lipinski definition) is 2. The number of ether oxygens (including phenoxy) is 1. The molecular formula is C19H21NO2. The molecule has 114 valence electrons. The van der Waals surface area contributed by atoms with E-state index in [9.17, 15) is 4.79 Å². The number of nitrogens with one attached hydrogen (secondary N) is 1. The largest absolute Gasteiger partial charge is 0.380 e. The normalized spacial score (nSPS) is 16.9. The molecule has 2 aromatic carbocycles. The van der Waals surface area contributed by atoms with Crippen LogP contribution in [0.4, 0.5) is 5.69 Å². The summed E-state index contributed by atoms with van der Waals surface area (Å²) in [7, 11) is 1.67. The lowest BCUT2D eigenvalue weighted by atomic mass is 9.82. The lowest BCUT2D eigenvalue weighted by molar-refractivity contribution is -0.117. The van der Waals surface area contributed by atoms with Crippen molar-refractivity contribution in [2.75, 3.05) is 12.4 Å². The van der Waals surface area contributed by atoms with Gasteiger partial charge < -0.3 is 10.1 Å². The third-order valence-corrected chi connectivity index (χ3v) is 4.19. The van der Waals surface area contributed by atoms with Crippen molar-refractivity contribution in [2.45, 2.75) is 31.8 Å². The molecule has 1 aliphatic carbocycles. The van der Waals surface area contributed by atoms with E-state index >= 15 is 0 Å². The standard InChI is InChI=1S/C19H21NO2/c1-22-13-14-6-4-9-16(12-14)20-19(21)18-11-5-8-15-7-2-3-10-17(15)18/h2-4,6-7,9-10,12,18H,5,8,11,13H2,1H3,(H,20,21)/t18-/m1/s1. The second kappa shape index (κ2) is 6.75. The molecule has 0 aromatic heterocycles. The molecular weight excluding hydrogens is 274 g/mol. The first-order chi connectivity index (χ1) is 10.8. The topological polar surface area (TPSA) is 38.3 Å². The highest BCUT2D eigenvalue weighted by Gasteiger charge is 2.26. The van der Waals surface area contributed by atoms with Gasteiger partial charge in [0.05, 0.1) is 12.5 Å². The third-order valence-electron chi connectivity index (χ3n) is 4.19. The van der Waals surface area contributed by atoms with Crippen LogP contribution in [0, 0.1) is 0 Å². The molecule has 3 rings (SSSR count). The van der Waals surface area contributed by atoms with Crippen molar-refractivity contribution >= 4 is 11.6 Å². The molecule has 1 aliphatic rings. The molecule has 0 fully saturated rings. The first kappa shape index (κ1) is 14.8. The highest BCUT2D eigenvalue weighted by atomic mass is 16.5. The van der Waals surface area contributed by atoms with Crippen LogP contribution in [0.2, 0.25) is 0 Å². The van der Waals surface area contributed by atoms with Gasteiger partial charge in [-0.1, -0.05) is 36.4 Å². The molecule has 0 bridgehead atoms. The van der Waals surface area contributed by atoms with E-state index in [-0.39, 0.29) is 11.8 Å². The molecule has 0 saturated heterocycles. The summed E-state index contributed by atoms with van der Waals surface area (Å²) in [5, 5.41) is 3.06. The minimum Gasteiger partial charge on any atom is -0.380 e. The Hall–Kier alpha value is -2.13. The fraction of sp³-hybridized carbons (Fsp3) is 0.316. The third kappa shape index (κ3) is 3.20. The molecule has 2 aromatic rings. The smallest absolute Gasteiger partial charge is 0.231 e. The van der Waals surface area contributed by atoms with Crippen LogP contribution in [-0.4, -0.2) is 13.0 Å². The van der Waals surface area contributed by atoms with Crippen LogP contribution >= 0.6 is 0 Å². The summed E-state index contributed by atoms with van der Waals surface area (Å²) in [4.78, 5) is 12.7. The molecule has 3 heteroatoms. The van der Waals surface area contributed by atoms with E-state index < -0.39 is 0 Å². The number of carbonyl (C=O) groups is 1. The lowest BCUT2D eigenvalue weighted by Gasteiger charge is -2.24. The van der Waals surface area contributed by atoms with Crippen LogP contribution in [-0.2, 0) is 22.6 Å². The molecule has 1 atom stereocenters. The van der Waals surface area contributed by atoms with Gasteiger partial charge in [-0.2, -0.15) is 0 Å². The quantitative estimate of drug-likeness (QED) is 0.929. The summed E-state index contributed by atoms with van der Waals surface area (Å²) in [5.41, 5.74) is 4.38. The average Bonchev–Trinajstić information content (AvgIpc) is 2.55. The summed E-state index contributed by atoms with van der Waals surface area (Å²) >= 11 is 0. The van der Waals surface area contributed by atoms with E-state index in [2.05, 4.69) is 17.4 Å². The maximum atomic E-state index is 12.7. The fourth-order valence-corrected chi connectivity index (χ4v) is 3.16. The number of aryl methyl sites for hydroxylation is 1. The van der Waals surface area contributed by atoms with Gasteiger partial charge in [-0.3, -0.25) is 4.79 Å². The van der Waals surface area contributed by atoms with Gasteiger partial charge in [0.25, 0.3) is 0 Å². The van der Waals surface area contributed by atoms with Gasteiger partial charge in [0.1, 0.15) is 0 Å². The average molecular weight is 295 g/mol. The van der Waals surface area contributed by atoms with Crippen molar-refractivity contribution in [2.24, 2.45) is 0 Å². The Kier molecular flexibility index (Phi) is 4.54. The molecule has 0 unspecified atom stereocenters. The minimum atomic E-state index is -0.0453. The zero-order chi connectivity index (χ0) is 15.4. The van der Waals surface area contributed by atoms with Gasteiger partial charge in [-0.05, 0) is 48.1 Å². The van der Waals surface area contributed by atoms with Crippen molar-refractivity contribution in [3.8, 4) is 0 Å². The van der Waals surface area contributed by atoms with Crippen LogP contribution in [0.15, 0.2) is 48.5 Å². The van der Waals surface area contributed by atoms with Gasteiger partial charge in [0, 0.05) is 12.8 Å². The van der Waals surface area contributed by atoms with Gasteiger partial charge in [0.15, 0.2) is 0 Å². The Morgan fingerprint density at radius 2 is 2.09 bits per heavy atom. The number of carbonyl (C=O) groups excluding carboxylic acids is 1. The van der Waals surface area contributed by atoms with Crippen LogP contribution in [0.5, 0.6) is 0 Å². The Labute approximate surface area is 131 Å². The summed E-state index contributed by atoms with van der Waals surface area (Å²) < 4.78 is 5.14. The summed E-state index contributed by atoms with van der Waals surface area (Å²) in [6, 6.07) is 16.1. The van der Waals surface area contributed by atoms with Crippen LogP contribution in [0.25, 0.3) is 0 Å². The SMILES string of the molecule is COCc1cccc(NC(=O)[C@@H]2CCCc3ccccc32)c1. The maximum Gasteiger partial charge on any atom is 0.231 e. The predicted molar refractivity (Wildman–Crippen MR) is 87.9 cm³/mol. The number of fused-ring (bicyclic) bond motifs is 1. The number of benzene rings is 2. The molecule has 3 nitrogen and oxygen atoms in total. The highest BCUT2D eigenvalue weighted by Crippen LogP contribution is 2.32. The Morgan fingerprint density at radius 1 is 1.23 bits per heavy atom. The van der Waals surface area contributed by atoms with Crippen LogP contribution in [0.3, 0.4) is 0 Å². The van der Waals surface area contributed by atoms with E-state index in [0.29, 0.717) is 6.61 Å². The van der Waals surface area contributed by atoms with Gasteiger partial charge in [-0.15, -0.1) is 0 Å². The number of rotatable bonds is 4. The monoisotopic (exact) mass is 295 g/mol. The molecule has 0 saturated carbocycles. The summed E-state index contributed by atoms with van der Waals surface area (Å²) in [6.45, 7) is 0.552. The van der Waals surface area contributed by atoms with E-state index in [1.807, 2.05) is 36.4 Å². The number of amides is 1. The summed E-state index contributed by atoms with van der Waals surface area (Å²) in [6.07, 6.45) is 3.06. The van der Waals surface area contributed by atoms with E-state index in [4.69, 9.17) is 4.74 Å². The van der Waals surface area contributed by atoms with Gasteiger partial charge >= 0.3 is 0 Å². The zero-order valence-electron chi connectivity index (χ0n) is 12.8. The van der Waals surface area contributed by atoms with Gasteiger partial charge in [-0.25, -0.2) is 0 Å². The highest BCUT2D eigenvalue weighted by molar-refractivity contribution is 5.96. The maximum absolute atomic E-state index is 12.7. The van der Waals surface area contributed by atoms with E-state index in [1.165, 1.54) is 11.1 Å². The van der Waals surface area contributed by atoms with Crippen molar-refractivity contribution < 1.29 is 9.53 Å². The Morgan fingerprint density at radius 3 is 2.95 bits per heavy atom. The van der Waals surface area contributed by atoms with Crippen molar-refractivity contribution in [3.05, 3.63) is 65.2 Å². The van der Waals surface area contributed by atoms with Crippen molar-refractivity contribution in [3.63, 3.8) is 0 Å². The van der Waals surface area contributed by atoms with Crippen LogP contribution in [0.1, 0.15) is 35.4 Å². The molecule has 0 radical (unpaired) electrons.